The number of amides is 3. The highest BCUT2D eigenvalue weighted by Crippen LogP contribution is 2.26. The van der Waals surface area contributed by atoms with Crippen molar-refractivity contribution in [3.8, 4) is 0 Å². The first-order valence-corrected chi connectivity index (χ1v) is 7.58. The van der Waals surface area contributed by atoms with Gasteiger partial charge in [-0.15, -0.1) is 0 Å². The number of nitrogens with one attached hydrogen (secondary N) is 2. The van der Waals surface area contributed by atoms with Crippen LogP contribution in [0.25, 0.3) is 0 Å². The Morgan fingerprint density at radius 1 is 1.05 bits per heavy atom. The molecule has 0 radical (unpaired) electrons. The van der Waals surface area contributed by atoms with Gasteiger partial charge in [-0.1, -0.05) is 30.3 Å². The molecule has 3 rings (SSSR count). The fourth-order valence-corrected chi connectivity index (χ4v) is 3.33. The Kier molecular flexibility index (Phi) is 3.92. The van der Waals surface area contributed by atoms with Crippen LogP contribution >= 0.6 is 0 Å². The highest BCUT2D eigenvalue weighted by Gasteiger charge is 2.45. The summed E-state index contributed by atoms with van der Waals surface area (Å²) >= 11 is 0. The molecule has 0 unspecified atom stereocenters. The Hall–Kier alpha value is -1.88. The van der Waals surface area contributed by atoms with Crippen LogP contribution in [0.2, 0.25) is 0 Å². The van der Waals surface area contributed by atoms with Gasteiger partial charge < -0.3 is 5.32 Å². The van der Waals surface area contributed by atoms with E-state index in [1.807, 2.05) is 6.07 Å². The summed E-state index contributed by atoms with van der Waals surface area (Å²) in [5, 5.41) is 5.21. The molecule has 2 fully saturated rings. The normalized spacial score (nSPS) is 22.5. The maximum atomic E-state index is 12.0. The molecule has 0 saturated carbocycles. The van der Waals surface area contributed by atoms with E-state index in [2.05, 4.69) is 39.8 Å². The Labute approximate surface area is 124 Å². The summed E-state index contributed by atoms with van der Waals surface area (Å²) in [6.07, 6.45) is 3.27. The van der Waals surface area contributed by atoms with Crippen molar-refractivity contribution in [1.29, 1.82) is 0 Å². The summed E-state index contributed by atoms with van der Waals surface area (Å²) in [6, 6.07) is 10.1. The first-order chi connectivity index (χ1) is 10.2. The molecule has 1 spiro atoms. The van der Waals surface area contributed by atoms with E-state index in [4.69, 9.17) is 0 Å². The predicted octanol–water partition coefficient (Wildman–Crippen LogP) is 1.64. The molecule has 0 atom stereocenters. The Bertz CT molecular complexity index is 520. The summed E-state index contributed by atoms with van der Waals surface area (Å²) in [5.41, 5.74) is 0.662. The Morgan fingerprint density at radius 3 is 2.29 bits per heavy atom. The van der Waals surface area contributed by atoms with Crippen molar-refractivity contribution in [3.05, 3.63) is 35.9 Å². The minimum absolute atomic E-state index is 0.149. The molecular formula is C16H21N3O2. The van der Waals surface area contributed by atoms with Gasteiger partial charge in [0, 0.05) is 6.54 Å². The fraction of sp³-hybridized carbons (Fsp3) is 0.500. The van der Waals surface area contributed by atoms with Crippen LogP contribution in [-0.4, -0.2) is 35.5 Å². The number of benzene rings is 1. The van der Waals surface area contributed by atoms with Crippen LogP contribution in [0.4, 0.5) is 4.79 Å². The van der Waals surface area contributed by atoms with E-state index in [0.717, 1.165) is 45.3 Å². The van der Waals surface area contributed by atoms with Crippen LogP contribution in [0.5, 0.6) is 0 Å². The van der Waals surface area contributed by atoms with Gasteiger partial charge >= 0.3 is 6.03 Å². The monoisotopic (exact) mass is 287 g/mol. The van der Waals surface area contributed by atoms with E-state index < -0.39 is 5.54 Å². The summed E-state index contributed by atoms with van der Waals surface area (Å²) in [4.78, 5) is 25.8. The number of urea groups is 1. The van der Waals surface area contributed by atoms with E-state index in [1.165, 1.54) is 5.56 Å². The summed E-state index contributed by atoms with van der Waals surface area (Å²) in [6.45, 7) is 2.87. The van der Waals surface area contributed by atoms with E-state index in [0.29, 0.717) is 0 Å². The molecule has 2 saturated heterocycles. The van der Waals surface area contributed by atoms with Gasteiger partial charge in [0.05, 0.1) is 0 Å². The van der Waals surface area contributed by atoms with E-state index in [-0.39, 0.29) is 11.9 Å². The van der Waals surface area contributed by atoms with Crippen LogP contribution in [0, 0.1) is 0 Å². The van der Waals surface area contributed by atoms with Gasteiger partial charge in [-0.3, -0.25) is 15.0 Å². The highest BCUT2D eigenvalue weighted by atomic mass is 16.2. The van der Waals surface area contributed by atoms with Crippen molar-refractivity contribution < 1.29 is 9.59 Å². The van der Waals surface area contributed by atoms with Crippen LogP contribution in [0.15, 0.2) is 30.3 Å². The maximum Gasteiger partial charge on any atom is 0.322 e. The number of hydrogen-bond acceptors (Lipinski definition) is 3. The zero-order valence-corrected chi connectivity index (χ0v) is 12.1. The maximum absolute atomic E-state index is 12.0. The topological polar surface area (TPSA) is 61.4 Å². The summed E-state index contributed by atoms with van der Waals surface area (Å²) < 4.78 is 0. The largest absolute Gasteiger partial charge is 0.323 e. The van der Waals surface area contributed by atoms with Crippen molar-refractivity contribution >= 4 is 11.9 Å². The lowest BCUT2D eigenvalue weighted by atomic mass is 9.87. The van der Waals surface area contributed by atoms with Crippen LogP contribution in [0.3, 0.4) is 0 Å². The van der Waals surface area contributed by atoms with Gasteiger partial charge in [-0.2, -0.15) is 0 Å². The van der Waals surface area contributed by atoms with E-state index in [9.17, 15) is 9.59 Å². The Morgan fingerprint density at radius 2 is 1.71 bits per heavy atom. The van der Waals surface area contributed by atoms with Crippen molar-refractivity contribution in [2.75, 3.05) is 13.1 Å². The molecule has 5 heteroatoms. The van der Waals surface area contributed by atoms with Gasteiger partial charge in [-0.05, 0) is 44.3 Å². The molecule has 0 bridgehead atoms. The van der Waals surface area contributed by atoms with Crippen molar-refractivity contribution in [2.24, 2.45) is 0 Å². The number of rotatable bonds is 2. The summed E-state index contributed by atoms with van der Waals surface area (Å²) in [5.74, 6) is -0.149. The lowest BCUT2D eigenvalue weighted by Gasteiger charge is -2.32. The minimum Gasteiger partial charge on any atom is -0.323 e. The molecule has 0 aromatic heterocycles. The second kappa shape index (κ2) is 5.85. The lowest BCUT2D eigenvalue weighted by Crippen LogP contribution is -2.49. The first kappa shape index (κ1) is 14.1. The zero-order valence-electron chi connectivity index (χ0n) is 12.1. The Balaban J connectivity index is 1.59. The number of carbonyl (C=O) groups is 2. The predicted molar refractivity (Wildman–Crippen MR) is 79.6 cm³/mol. The third-order valence-electron chi connectivity index (χ3n) is 4.42. The molecule has 5 nitrogen and oxygen atoms in total. The van der Waals surface area contributed by atoms with Crippen LogP contribution in [0.1, 0.15) is 31.2 Å². The van der Waals surface area contributed by atoms with Gasteiger partial charge in [0.15, 0.2) is 0 Å². The van der Waals surface area contributed by atoms with Gasteiger partial charge in [-0.25, -0.2) is 4.79 Å². The molecule has 2 aliphatic rings. The molecule has 21 heavy (non-hydrogen) atoms. The molecule has 1 aromatic carbocycles. The molecule has 1 aromatic rings. The van der Waals surface area contributed by atoms with Crippen molar-refractivity contribution in [2.45, 2.75) is 37.8 Å². The van der Waals surface area contributed by atoms with Gasteiger partial charge in [0.1, 0.15) is 5.54 Å². The van der Waals surface area contributed by atoms with E-state index >= 15 is 0 Å². The second-order valence-corrected chi connectivity index (χ2v) is 5.96. The SMILES string of the molecule is O=C1NC(=O)C2(CCCN(Cc3ccccc3)CCC2)N1. The third-order valence-corrected chi connectivity index (χ3v) is 4.42. The molecule has 2 N–H and O–H groups in total. The molecule has 2 heterocycles. The molecule has 112 valence electrons. The number of imide groups is 1. The van der Waals surface area contributed by atoms with E-state index in [1.54, 1.807) is 0 Å². The average molecular weight is 287 g/mol. The number of hydrogen-bond donors (Lipinski definition) is 2. The second-order valence-electron chi connectivity index (χ2n) is 5.96. The van der Waals surface area contributed by atoms with Crippen molar-refractivity contribution in [3.63, 3.8) is 0 Å². The average Bonchev–Trinajstić information content (AvgIpc) is 2.72. The molecule has 2 aliphatic heterocycles. The highest BCUT2D eigenvalue weighted by molar-refractivity contribution is 6.06. The van der Waals surface area contributed by atoms with Gasteiger partial charge in [0.2, 0.25) is 0 Å². The first-order valence-electron chi connectivity index (χ1n) is 7.58. The quantitative estimate of drug-likeness (QED) is 0.813. The molecular weight excluding hydrogens is 266 g/mol. The zero-order chi connectivity index (χ0) is 14.7. The molecule has 3 amide bonds. The van der Waals surface area contributed by atoms with Gasteiger partial charge in [0.25, 0.3) is 5.91 Å². The lowest BCUT2D eigenvalue weighted by molar-refractivity contribution is -0.124. The minimum atomic E-state index is -0.657. The number of likely N-dealkylation sites (tertiary alicyclic amines) is 1. The molecule has 0 aliphatic carbocycles. The fourth-order valence-electron chi connectivity index (χ4n) is 3.33. The smallest absolute Gasteiger partial charge is 0.322 e. The van der Waals surface area contributed by atoms with Crippen molar-refractivity contribution in [1.82, 2.24) is 15.5 Å². The summed E-state index contributed by atoms with van der Waals surface area (Å²) in [7, 11) is 0. The van der Waals surface area contributed by atoms with Crippen LogP contribution in [-0.2, 0) is 11.3 Å². The number of nitrogens with zero attached hydrogens (tertiary/aromatic N) is 1. The number of carbonyl (C=O) groups excluding carboxylic acids is 2. The third kappa shape index (κ3) is 3.08. The standard InChI is InChI=1S/C16H21N3O2/c20-14-16(18-15(21)17-14)8-4-10-19(11-5-9-16)12-13-6-2-1-3-7-13/h1-3,6-7H,4-5,8-12H2,(H2,17,18,20,21). The van der Waals surface area contributed by atoms with Crippen LogP contribution < -0.4 is 10.6 Å².